The maximum Gasteiger partial charge on any atom is 0.142 e. The number of hydrogen-bond donors (Lipinski definition) is 1. The summed E-state index contributed by atoms with van der Waals surface area (Å²) >= 11 is 6.30. The zero-order valence-corrected chi connectivity index (χ0v) is 12.8. The third-order valence-electron chi connectivity index (χ3n) is 4.96. The second kappa shape index (κ2) is 5.55. The number of hydrogen-bond acceptors (Lipinski definition) is 3. The summed E-state index contributed by atoms with van der Waals surface area (Å²) in [7, 11) is 0. The average molecular weight is 295 g/mol. The Morgan fingerprint density at radius 3 is 2.85 bits per heavy atom. The minimum Gasteiger partial charge on any atom is -0.492 e. The van der Waals surface area contributed by atoms with E-state index in [2.05, 4.69) is 17.9 Å². The van der Waals surface area contributed by atoms with Gasteiger partial charge in [0.2, 0.25) is 0 Å². The van der Waals surface area contributed by atoms with E-state index in [9.17, 15) is 0 Å². The summed E-state index contributed by atoms with van der Waals surface area (Å²) in [4.78, 5) is 2.56. The minimum atomic E-state index is -0.0986. The Hall–Kier alpha value is -0.770. The average Bonchev–Trinajstić information content (AvgIpc) is 2.48. The summed E-state index contributed by atoms with van der Waals surface area (Å²) in [5.41, 5.74) is 7.30. The van der Waals surface area contributed by atoms with Crippen molar-refractivity contribution in [3.63, 3.8) is 0 Å². The normalized spacial score (nSPS) is 27.9. The Bertz CT molecular complexity index is 485. The van der Waals surface area contributed by atoms with E-state index in [1.807, 2.05) is 12.1 Å². The first-order chi connectivity index (χ1) is 9.67. The van der Waals surface area contributed by atoms with Crippen LogP contribution in [0.3, 0.4) is 0 Å². The van der Waals surface area contributed by atoms with Crippen LogP contribution in [0.2, 0.25) is 5.02 Å². The van der Waals surface area contributed by atoms with Crippen molar-refractivity contribution in [2.75, 3.05) is 26.2 Å². The Kier molecular flexibility index (Phi) is 3.93. The predicted octanol–water partition coefficient (Wildman–Crippen LogP) is 3.01. The topological polar surface area (TPSA) is 38.5 Å². The molecule has 110 valence electrons. The molecule has 0 amide bonds. The van der Waals surface area contributed by atoms with Crippen LogP contribution in [0.25, 0.3) is 0 Å². The Balaban J connectivity index is 2.00. The summed E-state index contributed by atoms with van der Waals surface area (Å²) in [6.45, 7) is 5.88. The first kappa shape index (κ1) is 14.2. The van der Waals surface area contributed by atoms with Gasteiger partial charge in [-0.1, -0.05) is 30.7 Å². The fourth-order valence-corrected chi connectivity index (χ4v) is 3.81. The second-order valence-electron chi connectivity index (χ2n) is 6.12. The Morgan fingerprint density at radius 1 is 1.40 bits per heavy atom. The number of nitrogens with two attached hydrogens (primary N) is 1. The number of fused-ring (bicyclic) bond motifs is 1. The lowest BCUT2D eigenvalue weighted by Gasteiger charge is -2.49. The van der Waals surface area contributed by atoms with Gasteiger partial charge in [-0.3, -0.25) is 4.90 Å². The molecule has 2 aliphatic heterocycles. The highest BCUT2D eigenvalue weighted by Crippen LogP contribution is 2.45. The first-order valence-electron chi connectivity index (χ1n) is 7.54. The van der Waals surface area contributed by atoms with Crippen LogP contribution in [0.5, 0.6) is 5.75 Å². The number of benzene rings is 1. The molecule has 1 saturated heterocycles. The van der Waals surface area contributed by atoms with Gasteiger partial charge in [0.05, 0.1) is 17.2 Å². The number of likely N-dealkylation sites (tertiary alicyclic amines) is 1. The van der Waals surface area contributed by atoms with Gasteiger partial charge in [-0.05, 0) is 37.9 Å². The van der Waals surface area contributed by atoms with Gasteiger partial charge in [-0.2, -0.15) is 0 Å². The van der Waals surface area contributed by atoms with Crippen molar-refractivity contribution in [3.05, 3.63) is 28.8 Å². The van der Waals surface area contributed by atoms with Crippen LogP contribution in [-0.2, 0) is 5.54 Å². The van der Waals surface area contributed by atoms with Crippen molar-refractivity contribution in [2.45, 2.75) is 31.7 Å². The van der Waals surface area contributed by atoms with Crippen molar-refractivity contribution < 1.29 is 4.74 Å². The Labute approximate surface area is 126 Å². The molecule has 0 bridgehead atoms. The van der Waals surface area contributed by atoms with E-state index in [0.29, 0.717) is 18.2 Å². The first-order valence-corrected chi connectivity index (χ1v) is 7.92. The molecule has 2 aliphatic rings. The third-order valence-corrected chi connectivity index (χ3v) is 5.25. The summed E-state index contributed by atoms with van der Waals surface area (Å²) in [6, 6.07) is 6.03. The Morgan fingerprint density at radius 2 is 2.15 bits per heavy atom. The summed E-state index contributed by atoms with van der Waals surface area (Å²) in [6.07, 6.45) is 3.45. The molecular formula is C16H23ClN2O. The summed E-state index contributed by atoms with van der Waals surface area (Å²) < 4.78 is 5.81. The summed E-state index contributed by atoms with van der Waals surface area (Å²) in [5, 5.41) is 0.699. The van der Waals surface area contributed by atoms with Gasteiger partial charge in [-0.15, -0.1) is 0 Å². The SMILES string of the molecule is CC1CCN(C2(CN)CCOc3c(Cl)cccc32)CC1. The molecule has 2 heterocycles. The fraction of sp³-hybridized carbons (Fsp3) is 0.625. The highest BCUT2D eigenvalue weighted by atomic mass is 35.5. The fourth-order valence-electron chi connectivity index (χ4n) is 3.58. The molecule has 0 aliphatic carbocycles. The molecule has 1 aromatic carbocycles. The molecule has 1 unspecified atom stereocenters. The lowest BCUT2D eigenvalue weighted by atomic mass is 9.80. The maximum absolute atomic E-state index is 6.30. The molecule has 0 radical (unpaired) electrons. The van der Waals surface area contributed by atoms with E-state index < -0.39 is 0 Å². The van der Waals surface area contributed by atoms with Crippen LogP contribution in [0, 0.1) is 5.92 Å². The number of halogens is 1. The lowest BCUT2D eigenvalue weighted by Crippen LogP contribution is -2.56. The van der Waals surface area contributed by atoms with Crippen LogP contribution in [0.15, 0.2) is 18.2 Å². The molecule has 1 atom stereocenters. The molecule has 0 spiro atoms. The smallest absolute Gasteiger partial charge is 0.142 e. The molecule has 3 nitrogen and oxygen atoms in total. The number of para-hydroxylation sites is 1. The molecule has 1 fully saturated rings. The molecule has 0 saturated carbocycles. The largest absolute Gasteiger partial charge is 0.492 e. The van der Waals surface area contributed by atoms with Gasteiger partial charge in [-0.25, -0.2) is 0 Å². The van der Waals surface area contributed by atoms with Crippen LogP contribution >= 0.6 is 11.6 Å². The van der Waals surface area contributed by atoms with Gasteiger partial charge in [0.25, 0.3) is 0 Å². The van der Waals surface area contributed by atoms with Gasteiger partial charge < -0.3 is 10.5 Å². The molecule has 2 N–H and O–H groups in total. The van der Waals surface area contributed by atoms with E-state index in [1.165, 1.54) is 18.4 Å². The van der Waals surface area contributed by atoms with Gasteiger partial charge in [0, 0.05) is 18.5 Å². The zero-order valence-electron chi connectivity index (χ0n) is 12.1. The third kappa shape index (κ3) is 2.22. The minimum absolute atomic E-state index is 0.0986. The van der Waals surface area contributed by atoms with Crippen molar-refractivity contribution in [1.29, 1.82) is 0 Å². The van der Waals surface area contributed by atoms with Crippen LogP contribution in [0.4, 0.5) is 0 Å². The van der Waals surface area contributed by atoms with E-state index in [-0.39, 0.29) is 5.54 Å². The van der Waals surface area contributed by atoms with Crippen molar-refractivity contribution in [2.24, 2.45) is 11.7 Å². The maximum atomic E-state index is 6.30. The van der Waals surface area contributed by atoms with Crippen molar-refractivity contribution in [1.82, 2.24) is 4.90 Å². The van der Waals surface area contributed by atoms with E-state index in [1.54, 1.807) is 0 Å². The predicted molar refractivity (Wildman–Crippen MR) is 82.3 cm³/mol. The quantitative estimate of drug-likeness (QED) is 0.911. The molecule has 4 heteroatoms. The molecular weight excluding hydrogens is 272 g/mol. The lowest BCUT2D eigenvalue weighted by molar-refractivity contribution is 0.0228. The zero-order chi connectivity index (χ0) is 14.2. The van der Waals surface area contributed by atoms with E-state index in [0.717, 1.165) is 31.2 Å². The summed E-state index contributed by atoms with van der Waals surface area (Å²) in [5.74, 6) is 1.66. The molecule has 3 rings (SSSR count). The van der Waals surface area contributed by atoms with Crippen molar-refractivity contribution in [3.8, 4) is 5.75 Å². The standard InChI is InChI=1S/C16H23ClN2O/c1-12-5-8-19(9-6-12)16(11-18)7-10-20-15-13(16)3-2-4-14(15)17/h2-4,12H,5-11,18H2,1H3. The van der Waals surface area contributed by atoms with Crippen LogP contribution in [-0.4, -0.2) is 31.1 Å². The highest BCUT2D eigenvalue weighted by Gasteiger charge is 2.43. The van der Waals surface area contributed by atoms with Gasteiger partial charge in [0.1, 0.15) is 5.75 Å². The van der Waals surface area contributed by atoms with E-state index >= 15 is 0 Å². The number of rotatable bonds is 2. The van der Waals surface area contributed by atoms with Gasteiger partial charge in [0.15, 0.2) is 0 Å². The monoisotopic (exact) mass is 294 g/mol. The van der Waals surface area contributed by atoms with E-state index in [4.69, 9.17) is 22.1 Å². The second-order valence-corrected chi connectivity index (χ2v) is 6.53. The van der Waals surface area contributed by atoms with Crippen LogP contribution < -0.4 is 10.5 Å². The van der Waals surface area contributed by atoms with Crippen LogP contribution in [0.1, 0.15) is 31.7 Å². The number of ether oxygens (including phenoxy) is 1. The molecule has 1 aromatic rings. The number of piperidine rings is 1. The highest BCUT2D eigenvalue weighted by molar-refractivity contribution is 6.32. The number of nitrogens with zero attached hydrogens (tertiary/aromatic N) is 1. The van der Waals surface area contributed by atoms with Crippen molar-refractivity contribution >= 4 is 11.6 Å². The molecule has 0 aromatic heterocycles. The van der Waals surface area contributed by atoms with Gasteiger partial charge >= 0.3 is 0 Å². The molecule has 20 heavy (non-hydrogen) atoms.